The number of urea groups is 1. The van der Waals surface area contributed by atoms with Gasteiger partial charge >= 0.3 is 6.03 Å². The molecule has 0 heterocycles. The highest BCUT2D eigenvalue weighted by Gasteiger charge is 2.11. The Morgan fingerprint density at radius 1 is 1.08 bits per heavy atom. The Morgan fingerprint density at radius 2 is 1.75 bits per heavy atom. The predicted octanol–water partition coefficient (Wildman–Crippen LogP) is 4.37. The van der Waals surface area contributed by atoms with Gasteiger partial charge in [-0.15, -0.1) is 0 Å². The zero-order valence-corrected chi connectivity index (χ0v) is 14.5. The lowest BCUT2D eigenvalue weighted by atomic mass is 10.0. The number of amides is 2. The van der Waals surface area contributed by atoms with E-state index in [-0.39, 0.29) is 5.75 Å². The van der Waals surface area contributed by atoms with Crippen molar-refractivity contribution in [1.29, 1.82) is 0 Å². The van der Waals surface area contributed by atoms with Gasteiger partial charge in [0.1, 0.15) is 11.5 Å². The summed E-state index contributed by atoms with van der Waals surface area (Å²) in [6, 6.07) is 12.4. The van der Waals surface area contributed by atoms with Gasteiger partial charge < -0.3 is 20.5 Å². The minimum absolute atomic E-state index is 0.0218. The van der Waals surface area contributed by atoms with Crippen molar-refractivity contribution in [2.24, 2.45) is 0 Å². The highest BCUT2D eigenvalue weighted by Crippen LogP contribution is 2.23. The van der Waals surface area contributed by atoms with Crippen molar-refractivity contribution >= 4 is 11.7 Å². The van der Waals surface area contributed by atoms with Crippen LogP contribution in [0.5, 0.6) is 11.5 Å². The molecule has 128 valence electrons. The zero-order chi connectivity index (χ0) is 17.7. The van der Waals surface area contributed by atoms with Gasteiger partial charge in [-0.2, -0.15) is 0 Å². The maximum atomic E-state index is 12.0. The van der Waals surface area contributed by atoms with Crippen molar-refractivity contribution in [3.63, 3.8) is 0 Å². The Kier molecular flexibility index (Phi) is 5.68. The van der Waals surface area contributed by atoms with Gasteiger partial charge in [-0.05, 0) is 55.2 Å². The van der Waals surface area contributed by atoms with Gasteiger partial charge in [0.05, 0.1) is 5.69 Å². The van der Waals surface area contributed by atoms with E-state index in [9.17, 15) is 9.90 Å². The third-order valence-corrected chi connectivity index (χ3v) is 3.59. The molecule has 0 bridgehead atoms. The molecule has 2 rings (SSSR count). The molecule has 0 aliphatic heterocycles. The fourth-order valence-corrected chi connectivity index (χ4v) is 2.26. The molecule has 0 saturated heterocycles. The summed E-state index contributed by atoms with van der Waals surface area (Å²) in [7, 11) is 0. The van der Waals surface area contributed by atoms with Crippen molar-refractivity contribution < 1.29 is 14.6 Å². The summed E-state index contributed by atoms with van der Waals surface area (Å²) in [6.45, 7) is 7.89. The smallest absolute Gasteiger partial charge is 0.322 e. The molecule has 24 heavy (non-hydrogen) atoms. The Morgan fingerprint density at radius 3 is 2.38 bits per heavy atom. The number of hydrogen-bond donors (Lipinski definition) is 3. The van der Waals surface area contributed by atoms with Crippen LogP contribution in [-0.4, -0.2) is 17.4 Å². The van der Waals surface area contributed by atoms with Gasteiger partial charge in [0.25, 0.3) is 0 Å². The molecule has 0 aliphatic rings. The highest BCUT2D eigenvalue weighted by atomic mass is 16.5. The molecule has 0 spiro atoms. The van der Waals surface area contributed by atoms with Crippen molar-refractivity contribution in [2.45, 2.75) is 39.8 Å². The maximum absolute atomic E-state index is 12.0. The Bertz CT molecular complexity index is 696. The second kappa shape index (κ2) is 7.73. The maximum Gasteiger partial charge on any atom is 0.322 e. The van der Waals surface area contributed by atoms with Crippen molar-refractivity contribution in [1.82, 2.24) is 5.32 Å². The van der Waals surface area contributed by atoms with Crippen LogP contribution in [0.1, 0.15) is 37.8 Å². The molecule has 1 atom stereocenters. The summed E-state index contributed by atoms with van der Waals surface area (Å²) in [5.74, 6) is 1.17. The SMILES string of the molecule is Cc1ccc(O)c(NC(=O)NC(C)Oc2ccc(C(C)C)cc2)c1. The molecule has 0 aromatic heterocycles. The molecule has 2 amide bonds. The number of ether oxygens (including phenoxy) is 1. The number of hydrogen-bond acceptors (Lipinski definition) is 3. The van der Waals surface area contributed by atoms with Gasteiger partial charge in [-0.1, -0.05) is 32.0 Å². The summed E-state index contributed by atoms with van der Waals surface area (Å²) >= 11 is 0. The van der Waals surface area contributed by atoms with E-state index in [1.807, 2.05) is 31.2 Å². The standard InChI is InChI=1S/C19H24N2O3/c1-12(2)15-6-8-16(9-7-15)24-14(4)20-19(23)21-17-11-13(3)5-10-18(17)22/h5-12,14,22H,1-4H3,(H2,20,21,23). The van der Waals surface area contributed by atoms with E-state index in [1.165, 1.54) is 5.56 Å². The van der Waals surface area contributed by atoms with Gasteiger partial charge in [-0.3, -0.25) is 0 Å². The molecule has 5 heteroatoms. The van der Waals surface area contributed by atoms with E-state index in [4.69, 9.17) is 4.74 Å². The van der Waals surface area contributed by atoms with Crippen molar-refractivity contribution in [2.75, 3.05) is 5.32 Å². The molecule has 1 unspecified atom stereocenters. The van der Waals surface area contributed by atoms with Gasteiger partial charge in [0, 0.05) is 0 Å². The van der Waals surface area contributed by atoms with E-state index in [2.05, 4.69) is 24.5 Å². The normalized spacial score (nSPS) is 11.9. The number of aryl methyl sites for hydroxylation is 1. The quantitative estimate of drug-likeness (QED) is 0.564. The molecule has 2 aromatic carbocycles. The van der Waals surface area contributed by atoms with Crippen LogP contribution in [0.25, 0.3) is 0 Å². The van der Waals surface area contributed by atoms with Gasteiger partial charge in [0.2, 0.25) is 0 Å². The van der Waals surface area contributed by atoms with E-state index >= 15 is 0 Å². The fourth-order valence-electron chi connectivity index (χ4n) is 2.26. The number of carbonyl (C=O) groups is 1. The van der Waals surface area contributed by atoms with Gasteiger partial charge in [-0.25, -0.2) is 4.79 Å². The number of rotatable bonds is 5. The minimum atomic E-state index is -0.512. The molecule has 5 nitrogen and oxygen atoms in total. The summed E-state index contributed by atoms with van der Waals surface area (Å²) < 4.78 is 5.68. The average molecular weight is 328 g/mol. The lowest BCUT2D eigenvalue weighted by molar-refractivity contribution is 0.183. The lowest BCUT2D eigenvalue weighted by Crippen LogP contribution is -2.39. The molecular formula is C19H24N2O3. The first-order chi connectivity index (χ1) is 11.3. The molecule has 2 aromatic rings. The number of aromatic hydroxyl groups is 1. The van der Waals surface area contributed by atoms with E-state index in [0.717, 1.165) is 5.56 Å². The second-order valence-corrected chi connectivity index (χ2v) is 6.10. The first-order valence-corrected chi connectivity index (χ1v) is 7.99. The predicted molar refractivity (Wildman–Crippen MR) is 95.6 cm³/mol. The van der Waals surface area contributed by atoms with Crippen LogP contribution in [0.15, 0.2) is 42.5 Å². The number of anilines is 1. The topological polar surface area (TPSA) is 70.6 Å². The Hall–Kier alpha value is -2.69. The average Bonchev–Trinajstić information content (AvgIpc) is 2.51. The lowest BCUT2D eigenvalue weighted by Gasteiger charge is -2.17. The summed E-state index contributed by atoms with van der Waals surface area (Å²) in [5, 5.41) is 15.0. The zero-order valence-electron chi connectivity index (χ0n) is 14.5. The minimum Gasteiger partial charge on any atom is -0.506 e. The van der Waals surface area contributed by atoms with E-state index in [0.29, 0.717) is 17.4 Å². The first kappa shape index (κ1) is 17.7. The summed E-state index contributed by atoms with van der Waals surface area (Å²) in [6.07, 6.45) is -0.512. The van der Waals surface area contributed by atoms with Crippen LogP contribution in [0.3, 0.4) is 0 Å². The monoisotopic (exact) mass is 328 g/mol. The molecular weight excluding hydrogens is 304 g/mol. The molecule has 0 aliphatic carbocycles. The number of carbonyl (C=O) groups excluding carboxylic acids is 1. The number of phenols is 1. The largest absolute Gasteiger partial charge is 0.506 e. The van der Waals surface area contributed by atoms with Crippen molar-refractivity contribution in [3.05, 3.63) is 53.6 Å². The second-order valence-electron chi connectivity index (χ2n) is 6.10. The van der Waals surface area contributed by atoms with Crippen LogP contribution in [-0.2, 0) is 0 Å². The fraction of sp³-hybridized carbons (Fsp3) is 0.316. The van der Waals surface area contributed by atoms with E-state index < -0.39 is 12.3 Å². The van der Waals surface area contributed by atoms with E-state index in [1.54, 1.807) is 25.1 Å². The number of nitrogens with one attached hydrogen (secondary N) is 2. The Balaban J connectivity index is 1.90. The van der Waals surface area contributed by atoms with Gasteiger partial charge in [0.15, 0.2) is 6.23 Å². The summed E-state index contributed by atoms with van der Waals surface area (Å²) in [5.41, 5.74) is 2.54. The highest BCUT2D eigenvalue weighted by molar-refractivity contribution is 5.91. The molecule has 0 saturated carbocycles. The number of benzene rings is 2. The van der Waals surface area contributed by atoms with Crippen LogP contribution in [0.4, 0.5) is 10.5 Å². The third-order valence-electron chi connectivity index (χ3n) is 3.59. The molecule has 0 fully saturated rings. The van der Waals surface area contributed by atoms with Crippen LogP contribution in [0.2, 0.25) is 0 Å². The molecule has 3 N–H and O–H groups in total. The Labute approximate surface area is 142 Å². The van der Waals surface area contributed by atoms with Crippen LogP contribution in [0, 0.1) is 6.92 Å². The first-order valence-electron chi connectivity index (χ1n) is 7.99. The molecule has 0 radical (unpaired) electrons. The summed E-state index contributed by atoms with van der Waals surface area (Å²) in [4.78, 5) is 12.0. The number of phenolic OH excluding ortho intramolecular Hbond substituents is 1. The third kappa shape index (κ3) is 4.91. The van der Waals surface area contributed by atoms with Crippen LogP contribution < -0.4 is 15.4 Å². The van der Waals surface area contributed by atoms with Crippen molar-refractivity contribution in [3.8, 4) is 11.5 Å². The van der Waals surface area contributed by atoms with Crippen LogP contribution >= 0.6 is 0 Å².